The number of nitrogens with two attached hydrogens (primary N) is 1. The van der Waals surface area contributed by atoms with E-state index in [0.717, 1.165) is 0 Å². The highest BCUT2D eigenvalue weighted by atomic mass is 15.1. The summed E-state index contributed by atoms with van der Waals surface area (Å²) < 4.78 is 0. The van der Waals surface area contributed by atoms with Gasteiger partial charge in [-0.1, -0.05) is 0 Å². The van der Waals surface area contributed by atoms with Crippen molar-refractivity contribution in [3.63, 3.8) is 0 Å². The summed E-state index contributed by atoms with van der Waals surface area (Å²) in [4.78, 5) is 7.78. The maximum absolute atomic E-state index is 5.26. The fraction of sp³-hybridized carbons (Fsp3) is 0.600. The van der Waals surface area contributed by atoms with E-state index >= 15 is 0 Å². The summed E-state index contributed by atoms with van der Waals surface area (Å²) in [6.45, 7) is 3.91. The van der Waals surface area contributed by atoms with Crippen LogP contribution in [0.5, 0.6) is 0 Å². The van der Waals surface area contributed by atoms with Crippen LogP contribution in [-0.2, 0) is 0 Å². The first-order valence-corrected chi connectivity index (χ1v) is 2.51. The molecule has 0 atom stereocenters. The SMILES string of the molecule is CC1(C)C=NC(N)=N1. The molecule has 0 amide bonds. The molecule has 2 N–H and O–H groups in total. The molecule has 44 valence electrons. The van der Waals surface area contributed by atoms with Gasteiger partial charge in [-0.15, -0.1) is 0 Å². The number of hydrogen-bond acceptors (Lipinski definition) is 3. The molecule has 1 aliphatic rings. The van der Waals surface area contributed by atoms with Crippen LogP contribution >= 0.6 is 0 Å². The van der Waals surface area contributed by atoms with Crippen LogP contribution in [0.15, 0.2) is 9.98 Å². The third kappa shape index (κ3) is 0.857. The Hall–Kier alpha value is -0.860. The molecule has 0 aromatic rings. The Labute approximate surface area is 48.3 Å². The lowest BCUT2D eigenvalue weighted by atomic mass is 10.1. The molecular weight excluding hydrogens is 102 g/mol. The second-order valence-corrected chi connectivity index (χ2v) is 2.38. The highest BCUT2D eigenvalue weighted by Gasteiger charge is 2.17. The van der Waals surface area contributed by atoms with Crippen LogP contribution in [0.1, 0.15) is 13.8 Å². The minimum absolute atomic E-state index is 0.163. The molecule has 0 saturated heterocycles. The highest BCUT2D eigenvalue weighted by molar-refractivity contribution is 5.95. The normalized spacial score (nSPS) is 23.5. The van der Waals surface area contributed by atoms with Gasteiger partial charge in [-0.25, -0.2) is 9.98 Å². The van der Waals surface area contributed by atoms with Crippen molar-refractivity contribution in [3.8, 4) is 0 Å². The van der Waals surface area contributed by atoms with Crippen molar-refractivity contribution >= 4 is 12.2 Å². The molecule has 0 saturated carbocycles. The van der Waals surface area contributed by atoms with Crippen LogP contribution in [0.25, 0.3) is 0 Å². The summed E-state index contributed by atoms with van der Waals surface area (Å²) in [6.07, 6.45) is 1.74. The van der Waals surface area contributed by atoms with Crippen LogP contribution in [0, 0.1) is 0 Å². The molecule has 3 nitrogen and oxygen atoms in total. The molecule has 0 aromatic carbocycles. The maximum atomic E-state index is 5.26. The van der Waals surface area contributed by atoms with Crippen LogP contribution in [0.4, 0.5) is 0 Å². The molecule has 8 heavy (non-hydrogen) atoms. The van der Waals surface area contributed by atoms with Crippen molar-refractivity contribution < 1.29 is 0 Å². The van der Waals surface area contributed by atoms with Crippen LogP contribution in [0.2, 0.25) is 0 Å². The smallest absolute Gasteiger partial charge is 0.215 e. The Kier molecular flexibility index (Phi) is 0.863. The summed E-state index contributed by atoms with van der Waals surface area (Å²) in [7, 11) is 0. The Morgan fingerprint density at radius 1 is 1.62 bits per heavy atom. The highest BCUT2D eigenvalue weighted by Crippen LogP contribution is 2.09. The fourth-order valence-corrected chi connectivity index (χ4v) is 0.577. The first kappa shape index (κ1) is 5.28. The second kappa shape index (κ2) is 1.31. The summed E-state index contributed by atoms with van der Waals surface area (Å²) in [5.41, 5.74) is 5.10. The standard InChI is InChI=1S/C5H9N3/c1-5(2)3-7-4(6)8-5/h3H,1-2H3,(H2,6,8). The predicted molar refractivity (Wildman–Crippen MR) is 34.2 cm³/mol. The Balaban J connectivity index is 2.84. The Morgan fingerprint density at radius 2 is 2.25 bits per heavy atom. The summed E-state index contributed by atoms with van der Waals surface area (Å²) in [6, 6.07) is 0. The lowest BCUT2D eigenvalue weighted by Crippen LogP contribution is -2.15. The van der Waals surface area contributed by atoms with Crippen molar-refractivity contribution in [2.45, 2.75) is 19.4 Å². The van der Waals surface area contributed by atoms with Crippen molar-refractivity contribution in [2.24, 2.45) is 15.7 Å². The average molecular weight is 111 g/mol. The summed E-state index contributed by atoms with van der Waals surface area (Å²) in [5, 5.41) is 0. The van der Waals surface area contributed by atoms with Crippen molar-refractivity contribution in [2.75, 3.05) is 0 Å². The third-order valence-electron chi connectivity index (χ3n) is 0.915. The molecule has 0 bridgehead atoms. The lowest BCUT2D eigenvalue weighted by molar-refractivity contribution is 0.730. The molecule has 1 rings (SSSR count). The van der Waals surface area contributed by atoms with E-state index in [9.17, 15) is 0 Å². The van der Waals surface area contributed by atoms with Crippen LogP contribution in [-0.4, -0.2) is 17.7 Å². The molecule has 0 radical (unpaired) electrons. The van der Waals surface area contributed by atoms with Crippen molar-refractivity contribution in [1.82, 2.24) is 0 Å². The number of nitrogens with zero attached hydrogens (tertiary/aromatic N) is 2. The van der Waals surface area contributed by atoms with E-state index in [1.165, 1.54) is 0 Å². The Bertz CT molecular complexity index is 155. The van der Waals surface area contributed by atoms with E-state index in [1.807, 2.05) is 13.8 Å². The van der Waals surface area contributed by atoms with Gasteiger partial charge >= 0.3 is 0 Å². The van der Waals surface area contributed by atoms with Gasteiger partial charge in [0, 0.05) is 6.21 Å². The lowest BCUT2D eigenvalue weighted by Gasteiger charge is -2.05. The summed E-state index contributed by atoms with van der Waals surface area (Å²) >= 11 is 0. The fourth-order valence-electron chi connectivity index (χ4n) is 0.577. The number of rotatable bonds is 0. The molecular formula is C5H9N3. The van der Waals surface area contributed by atoms with E-state index in [2.05, 4.69) is 9.98 Å². The van der Waals surface area contributed by atoms with Crippen LogP contribution in [0.3, 0.4) is 0 Å². The number of hydrogen-bond donors (Lipinski definition) is 1. The van der Waals surface area contributed by atoms with E-state index in [0.29, 0.717) is 5.96 Å². The average Bonchev–Trinajstić information content (AvgIpc) is 1.82. The molecule has 0 spiro atoms. The largest absolute Gasteiger partial charge is 0.368 e. The quantitative estimate of drug-likeness (QED) is 0.475. The third-order valence-corrected chi connectivity index (χ3v) is 0.915. The topological polar surface area (TPSA) is 50.7 Å². The zero-order valence-corrected chi connectivity index (χ0v) is 5.05. The van der Waals surface area contributed by atoms with Gasteiger partial charge in [-0.2, -0.15) is 0 Å². The molecule has 1 heterocycles. The zero-order chi connectivity index (χ0) is 6.20. The Morgan fingerprint density at radius 3 is 2.38 bits per heavy atom. The van der Waals surface area contributed by atoms with Gasteiger partial charge in [-0.05, 0) is 13.8 Å². The van der Waals surface area contributed by atoms with Gasteiger partial charge in [0.1, 0.15) is 0 Å². The first-order valence-electron chi connectivity index (χ1n) is 2.51. The monoisotopic (exact) mass is 111 g/mol. The van der Waals surface area contributed by atoms with Gasteiger partial charge in [0.15, 0.2) is 0 Å². The molecule has 0 aromatic heterocycles. The van der Waals surface area contributed by atoms with Gasteiger partial charge in [0.05, 0.1) is 5.54 Å². The van der Waals surface area contributed by atoms with Gasteiger partial charge < -0.3 is 5.73 Å². The van der Waals surface area contributed by atoms with Gasteiger partial charge in [-0.3, -0.25) is 0 Å². The van der Waals surface area contributed by atoms with E-state index < -0.39 is 0 Å². The molecule has 3 heteroatoms. The summed E-state index contributed by atoms with van der Waals surface area (Å²) in [5.74, 6) is 0.384. The molecule has 0 unspecified atom stereocenters. The van der Waals surface area contributed by atoms with Crippen LogP contribution < -0.4 is 5.73 Å². The van der Waals surface area contributed by atoms with Crippen molar-refractivity contribution in [1.29, 1.82) is 0 Å². The number of guanidine groups is 1. The van der Waals surface area contributed by atoms with Gasteiger partial charge in [0.25, 0.3) is 0 Å². The van der Waals surface area contributed by atoms with E-state index in [1.54, 1.807) is 6.21 Å². The maximum Gasteiger partial charge on any atom is 0.215 e. The van der Waals surface area contributed by atoms with Gasteiger partial charge in [0.2, 0.25) is 5.96 Å². The molecule has 1 aliphatic heterocycles. The van der Waals surface area contributed by atoms with E-state index in [-0.39, 0.29) is 5.54 Å². The molecule has 0 aliphatic carbocycles. The first-order chi connectivity index (χ1) is 3.60. The minimum Gasteiger partial charge on any atom is -0.368 e. The van der Waals surface area contributed by atoms with E-state index in [4.69, 9.17) is 5.73 Å². The number of aliphatic imine (C=N–C) groups is 2. The minimum atomic E-state index is -0.163. The zero-order valence-electron chi connectivity index (χ0n) is 5.05. The predicted octanol–water partition coefficient (Wildman–Crippen LogP) is 0.164. The molecule has 0 fully saturated rings. The van der Waals surface area contributed by atoms with Crippen molar-refractivity contribution in [3.05, 3.63) is 0 Å². The second-order valence-electron chi connectivity index (χ2n) is 2.38.